The first-order valence-corrected chi connectivity index (χ1v) is 5.74. The number of aromatic nitrogens is 2. The minimum Gasteiger partial charge on any atom is -0.467 e. The molecular weight excluding hydrogens is 236 g/mol. The molecular formula is C12H14N2O2S. The number of esters is 1. The first-order chi connectivity index (χ1) is 8.04. The number of nitrogens with zero attached hydrogens (tertiary/aromatic N) is 1. The zero-order valence-corrected chi connectivity index (χ0v) is 10.8. The van der Waals surface area contributed by atoms with Crippen molar-refractivity contribution in [3.05, 3.63) is 28.5 Å². The van der Waals surface area contributed by atoms with Crippen LogP contribution < -0.4 is 0 Å². The molecule has 0 fully saturated rings. The van der Waals surface area contributed by atoms with Crippen LogP contribution in [-0.4, -0.2) is 22.6 Å². The summed E-state index contributed by atoms with van der Waals surface area (Å²) in [5.74, 6) is -0.303. The average molecular weight is 250 g/mol. The van der Waals surface area contributed by atoms with Crippen molar-refractivity contribution in [2.45, 2.75) is 19.9 Å². The summed E-state index contributed by atoms with van der Waals surface area (Å²) in [6.07, 6.45) is 0. The highest BCUT2D eigenvalue weighted by Gasteiger charge is 2.18. The van der Waals surface area contributed by atoms with E-state index in [0.29, 0.717) is 4.77 Å². The predicted octanol–water partition coefficient (Wildman–Crippen LogP) is 2.74. The van der Waals surface area contributed by atoms with Crippen molar-refractivity contribution < 1.29 is 9.53 Å². The van der Waals surface area contributed by atoms with E-state index in [2.05, 4.69) is 4.98 Å². The summed E-state index contributed by atoms with van der Waals surface area (Å²) in [6, 6.07) is 5.52. The van der Waals surface area contributed by atoms with Crippen molar-refractivity contribution in [3.63, 3.8) is 0 Å². The molecule has 0 aliphatic rings. The van der Waals surface area contributed by atoms with Gasteiger partial charge in [0.15, 0.2) is 4.77 Å². The number of aromatic amines is 1. The van der Waals surface area contributed by atoms with Gasteiger partial charge in [-0.15, -0.1) is 0 Å². The van der Waals surface area contributed by atoms with Crippen LogP contribution in [-0.2, 0) is 9.53 Å². The van der Waals surface area contributed by atoms with Crippen molar-refractivity contribution in [1.82, 2.24) is 9.55 Å². The van der Waals surface area contributed by atoms with Gasteiger partial charge in [0.05, 0.1) is 18.1 Å². The normalized spacial score (nSPS) is 12.6. The molecule has 90 valence electrons. The average Bonchev–Trinajstić information content (AvgIpc) is 2.62. The zero-order valence-electron chi connectivity index (χ0n) is 9.98. The number of nitrogens with one attached hydrogen (secondary N) is 1. The quantitative estimate of drug-likeness (QED) is 0.658. The maximum absolute atomic E-state index is 11.6. The lowest BCUT2D eigenvalue weighted by Crippen LogP contribution is -2.17. The zero-order chi connectivity index (χ0) is 12.6. The van der Waals surface area contributed by atoms with Crippen LogP contribution in [0.2, 0.25) is 0 Å². The fraction of sp³-hybridized carbons (Fsp3) is 0.333. The second-order valence-electron chi connectivity index (χ2n) is 4.02. The SMILES string of the molecule is COC(=O)C(C)n1c(=S)[nH]c2cc(C)ccc21. The van der Waals surface area contributed by atoms with Crippen LogP contribution in [0, 0.1) is 11.7 Å². The predicted molar refractivity (Wildman–Crippen MR) is 68.6 cm³/mol. The first kappa shape index (κ1) is 11.9. The maximum Gasteiger partial charge on any atom is 0.328 e. The Kier molecular flexibility index (Phi) is 3.02. The lowest BCUT2D eigenvalue weighted by atomic mass is 10.2. The summed E-state index contributed by atoms with van der Waals surface area (Å²) < 4.78 is 7.05. The number of methoxy groups -OCH3 is 1. The molecule has 5 heteroatoms. The molecule has 0 radical (unpaired) electrons. The Morgan fingerprint density at radius 1 is 1.53 bits per heavy atom. The monoisotopic (exact) mass is 250 g/mol. The van der Waals surface area contributed by atoms with Crippen molar-refractivity contribution in [2.24, 2.45) is 0 Å². The lowest BCUT2D eigenvalue weighted by Gasteiger charge is -2.11. The number of carbonyl (C=O) groups excluding carboxylic acids is 1. The van der Waals surface area contributed by atoms with Gasteiger partial charge in [0.25, 0.3) is 0 Å². The summed E-state index contributed by atoms with van der Waals surface area (Å²) >= 11 is 5.24. The summed E-state index contributed by atoms with van der Waals surface area (Å²) in [4.78, 5) is 14.7. The molecule has 0 aliphatic carbocycles. The second kappa shape index (κ2) is 4.33. The van der Waals surface area contributed by atoms with Crippen LogP contribution in [0.15, 0.2) is 18.2 Å². The molecule has 0 spiro atoms. The molecule has 1 atom stereocenters. The van der Waals surface area contributed by atoms with Crippen molar-refractivity contribution >= 4 is 29.2 Å². The van der Waals surface area contributed by atoms with E-state index in [4.69, 9.17) is 17.0 Å². The number of hydrogen-bond donors (Lipinski definition) is 1. The third-order valence-electron chi connectivity index (χ3n) is 2.80. The van der Waals surface area contributed by atoms with E-state index in [1.807, 2.05) is 25.1 Å². The fourth-order valence-corrected chi connectivity index (χ4v) is 2.27. The van der Waals surface area contributed by atoms with Crippen LogP contribution in [0.5, 0.6) is 0 Å². The molecule has 4 nitrogen and oxygen atoms in total. The topological polar surface area (TPSA) is 47.0 Å². The Morgan fingerprint density at radius 3 is 2.88 bits per heavy atom. The smallest absolute Gasteiger partial charge is 0.328 e. The number of hydrogen-bond acceptors (Lipinski definition) is 3. The number of rotatable bonds is 2. The van der Waals surface area contributed by atoms with E-state index in [0.717, 1.165) is 16.6 Å². The number of H-pyrrole nitrogens is 1. The van der Waals surface area contributed by atoms with Crippen LogP contribution in [0.3, 0.4) is 0 Å². The van der Waals surface area contributed by atoms with Gasteiger partial charge < -0.3 is 14.3 Å². The minimum atomic E-state index is -0.427. The highest BCUT2D eigenvalue weighted by atomic mass is 32.1. The largest absolute Gasteiger partial charge is 0.467 e. The van der Waals surface area contributed by atoms with Crippen LogP contribution >= 0.6 is 12.2 Å². The molecule has 17 heavy (non-hydrogen) atoms. The highest BCUT2D eigenvalue weighted by Crippen LogP contribution is 2.20. The Balaban J connectivity index is 2.65. The number of ether oxygens (including phenoxy) is 1. The first-order valence-electron chi connectivity index (χ1n) is 5.33. The van der Waals surface area contributed by atoms with Gasteiger partial charge in [-0.05, 0) is 43.8 Å². The van der Waals surface area contributed by atoms with Gasteiger partial charge >= 0.3 is 5.97 Å². The van der Waals surface area contributed by atoms with Gasteiger partial charge in [-0.1, -0.05) is 6.07 Å². The molecule has 0 saturated carbocycles. The van der Waals surface area contributed by atoms with Crippen molar-refractivity contribution in [3.8, 4) is 0 Å². The van der Waals surface area contributed by atoms with Crippen molar-refractivity contribution in [1.29, 1.82) is 0 Å². The standard InChI is InChI=1S/C12H14N2O2S/c1-7-4-5-10-9(6-7)13-12(17)14(10)8(2)11(15)16-3/h4-6,8H,1-3H3,(H,13,17). The van der Waals surface area contributed by atoms with Crippen LogP contribution in [0.4, 0.5) is 0 Å². The Morgan fingerprint density at radius 2 is 2.24 bits per heavy atom. The summed E-state index contributed by atoms with van der Waals surface area (Å²) in [7, 11) is 1.38. The molecule has 1 heterocycles. The van der Waals surface area contributed by atoms with Gasteiger partial charge in [-0.25, -0.2) is 4.79 Å². The van der Waals surface area contributed by atoms with Gasteiger partial charge in [-0.2, -0.15) is 0 Å². The van der Waals surface area contributed by atoms with E-state index in [1.165, 1.54) is 7.11 Å². The van der Waals surface area contributed by atoms with Crippen LogP contribution in [0.1, 0.15) is 18.5 Å². The number of fused-ring (bicyclic) bond motifs is 1. The van der Waals surface area contributed by atoms with Gasteiger partial charge in [-0.3, -0.25) is 0 Å². The number of carbonyl (C=O) groups is 1. The third-order valence-corrected chi connectivity index (χ3v) is 3.10. The number of aryl methyl sites for hydroxylation is 1. The maximum atomic E-state index is 11.6. The van der Waals surface area contributed by atoms with E-state index in [1.54, 1.807) is 11.5 Å². The molecule has 1 unspecified atom stereocenters. The number of imidazole rings is 1. The molecule has 2 rings (SSSR count). The minimum absolute atomic E-state index is 0.303. The fourth-order valence-electron chi connectivity index (χ4n) is 1.91. The molecule has 1 aromatic carbocycles. The molecule has 0 aliphatic heterocycles. The Labute approximate surface area is 104 Å². The summed E-state index contributed by atoms with van der Waals surface area (Å²) in [5, 5.41) is 0. The summed E-state index contributed by atoms with van der Waals surface area (Å²) in [6.45, 7) is 3.78. The van der Waals surface area contributed by atoms with Gasteiger partial charge in [0.1, 0.15) is 6.04 Å². The Bertz CT molecular complexity index is 627. The van der Waals surface area contributed by atoms with Gasteiger partial charge in [0.2, 0.25) is 0 Å². The van der Waals surface area contributed by atoms with Gasteiger partial charge in [0, 0.05) is 0 Å². The lowest BCUT2D eigenvalue weighted by molar-refractivity contribution is -0.143. The Hall–Kier alpha value is -1.62. The van der Waals surface area contributed by atoms with E-state index >= 15 is 0 Å². The molecule has 0 saturated heterocycles. The summed E-state index contributed by atoms with van der Waals surface area (Å²) in [5.41, 5.74) is 3.00. The molecule has 1 aromatic heterocycles. The third kappa shape index (κ3) is 1.98. The van der Waals surface area contributed by atoms with Crippen LogP contribution in [0.25, 0.3) is 11.0 Å². The molecule has 0 amide bonds. The molecule has 1 N–H and O–H groups in total. The second-order valence-corrected chi connectivity index (χ2v) is 4.41. The van der Waals surface area contributed by atoms with E-state index in [9.17, 15) is 4.79 Å². The molecule has 2 aromatic rings. The molecule has 0 bridgehead atoms. The number of benzene rings is 1. The highest BCUT2D eigenvalue weighted by molar-refractivity contribution is 7.71. The van der Waals surface area contributed by atoms with E-state index < -0.39 is 6.04 Å². The van der Waals surface area contributed by atoms with E-state index in [-0.39, 0.29) is 5.97 Å². The van der Waals surface area contributed by atoms with Crippen molar-refractivity contribution in [2.75, 3.05) is 7.11 Å².